The van der Waals surface area contributed by atoms with E-state index in [1.54, 1.807) is 35.1 Å². The predicted molar refractivity (Wildman–Crippen MR) is 73.3 cm³/mol. The van der Waals surface area contributed by atoms with Gasteiger partial charge >= 0.3 is 0 Å². The largest absolute Gasteiger partial charge is 0.352 e. The highest BCUT2D eigenvalue weighted by Crippen LogP contribution is 1.99. The molecule has 0 fully saturated rings. The number of hydrogen-bond acceptors (Lipinski definition) is 4. The van der Waals surface area contributed by atoms with Gasteiger partial charge < -0.3 is 5.32 Å². The van der Waals surface area contributed by atoms with Crippen molar-refractivity contribution in [2.45, 2.75) is 6.42 Å². The number of rotatable bonds is 4. The van der Waals surface area contributed by atoms with Crippen LogP contribution in [0, 0.1) is 0 Å². The maximum atomic E-state index is 11.8. The normalized spacial score (nSPS) is 10.6. The number of hydrogen-bond donors (Lipinski definition) is 1. The molecule has 3 rings (SSSR count). The van der Waals surface area contributed by atoms with Gasteiger partial charge in [0, 0.05) is 30.9 Å². The molecule has 1 aromatic carbocycles. The zero-order valence-electron chi connectivity index (χ0n) is 10.7. The Morgan fingerprint density at radius 2 is 2.05 bits per heavy atom. The van der Waals surface area contributed by atoms with Gasteiger partial charge in [0.05, 0.1) is 0 Å². The van der Waals surface area contributed by atoms with E-state index in [9.17, 15) is 4.79 Å². The van der Waals surface area contributed by atoms with Crippen LogP contribution >= 0.6 is 0 Å². The summed E-state index contributed by atoms with van der Waals surface area (Å²) in [7, 11) is 0. The van der Waals surface area contributed by atoms with Gasteiger partial charge in [-0.2, -0.15) is 4.98 Å². The van der Waals surface area contributed by atoms with Gasteiger partial charge in [-0.15, -0.1) is 5.10 Å². The van der Waals surface area contributed by atoms with Crippen LogP contribution in [-0.4, -0.2) is 32.0 Å². The monoisotopic (exact) mass is 267 g/mol. The highest BCUT2D eigenvalue weighted by molar-refractivity contribution is 5.94. The van der Waals surface area contributed by atoms with Crippen molar-refractivity contribution in [1.82, 2.24) is 24.9 Å². The fraction of sp³-hybridized carbons (Fsp3) is 0.143. The Bertz CT molecular complexity index is 690. The second-order valence-corrected chi connectivity index (χ2v) is 4.26. The highest BCUT2D eigenvalue weighted by atomic mass is 16.1. The molecule has 0 saturated carbocycles. The van der Waals surface area contributed by atoms with Crippen molar-refractivity contribution in [3.63, 3.8) is 0 Å². The summed E-state index contributed by atoms with van der Waals surface area (Å²) in [5.74, 6) is 1.14. The first-order valence-electron chi connectivity index (χ1n) is 6.32. The standard InChI is InChI=1S/C14H13N5O/c20-13(11-5-2-1-3-6-11)15-9-7-12-17-14-16-8-4-10-19(14)18-12/h1-6,8,10H,7,9H2,(H,15,20). The Morgan fingerprint density at radius 1 is 1.20 bits per heavy atom. The molecule has 0 spiro atoms. The zero-order valence-corrected chi connectivity index (χ0v) is 10.7. The van der Waals surface area contributed by atoms with Crippen molar-refractivity contribution in [1.29, 1.82) is 0 Å². The average Bonchev–Trinajstić information content (AvgIpc) is 2.90. The Kier molecular flexibility index (Phi) is 3.36. The molecule has 0 bridgehead atoms. The van der Waals surface area contributed by atoms with E-state index in [0.29, 0.717) is 30.1 Å². The number of nitrogens with one attached hydrogen (secondary N) is 1. The van der Waals surface area contributed by atoms with Crippen molar-refractivity contribution in [3.05, 3.63) is 60.2 Å². The van der Waals surface area contributed by atoms with Crippen molar-refractivity contribution < 1.29 is 4.79 Å². The molecule has 0 radical (unpaired) electrons. The summed E-state index contributed by atoms with van der Waals surface area (Å²) in [4.78, 5) is 20.2. The van der Waals surface area contributed by atoms with Crippen molar-refractivity contribution in [2.75, 3.05) is 6.54 Å². The second kappa shape index (κ2) is 5.48. The predicted octanol–water partition coefficient (Wildman–Crippen LogP) is 1.10. The van der Waals surface area contributed by atoms with Crippen LogP contribution in [0.3, 0.4) is 0 Å². The minimum Gasteiger partial charge on any atom is -0.352 e. The van der Waals surface area contributed by atoms with Crippen LogP contribution < -0.4 is 5.32 Å². The summed E-state index contributed by atoms with van der Waals surface area (Å²) in [5.41, 5.74) is 0.650. The zero-order chi connectivity index (χ0) is 13.8. The number of carbonyl (C=O) groups is 1. The third-order valence-corrected chi connectivity index (χ3v) is 2.83. The molecule has 0 unspecified atom stereocenters. The van der Waals surface area contributed by atoms with Crippen LogP contribution in [0.1, 0.15) is 16.2 Å². The molecule has 100 valence electrons. The molecule has 0 saturated heterocycles. The van der Waals surface area contributed by atoms with E-state index in [-0.39, 0.29) is 5.91 Å². The number of fused-ring (bicyclic) bond motifs is 1. The molecule has 3 aromatic rings. The molecule has 6 heteroatoms. The van der Waals surface area contributed by atoms with E-state index in [2.05, 4.69) is 20.4 Å². The molecule has 2 heterocycles. The SMILES string of the molecule is O=C(NCCc1nc2ncccn2n1)c1ccccc1. The Morgan fingerprint density at radius 3 is 2.85 bits per heavy atom. The van der Waals surface area contributed by atoms with Crippen LogP contribution in [0.15, 0.2) is 48.8 Å². The molecule has 1 N–H and O–H groups in total. The van der Waals surface area contributed by atoms with Gasteiger partial charge in [0.1, 0.15) is 0 Å². The third kappa shape index (κ3) is 2.64. The first kappa shape index (κ1) is 12.3. The molecule has 6 nitrogen and oxygen atoms in total. The van der Waals surface area contributed by atoms with Crippen LogP contribution in [-0.2, 0) is 6.42 Å². The van der Waals surface area contributed by atoms with Gasteiger partial charge in [0.15, 0.2) is 5.82 Å². The number of nitrogens with zero attached hydrogens (tertiary/aromatic N) is 4. The molecular formula is C14H13N5O. The third-order valence-electron chi connectivity index (χ3n) is 2.83. The van der Waals surface area contributed by atoms with Crippen LogP contribution in [0.2, 0.25) is 0 Å². The number of carbonyl (C=O) groups excluding carboxylic acids is 1. The summed E-state index contributed by atoms with van der Waals surface area (Å²) < 4.78 is 1.62. The molecular weight excluding hydrogens is 254 g/mol. The molecule has 0 atom stereocenters. The lowest BCUT2D eigenvalue weighted by molar-refractivity contribution is 0.0954. The van der Waals surface area contributed by atoms with Gasteiger partial charge in [-0.3, -0.25) is 4.79 Å². The highest BCUT2D eigenvalue weighted by Gasteiger charge is 2.06. The summed E-state index contributed by atoms with van der Waals surface area (Å²) in [6, 6.07) is 10.9. The maximum Gasteiger partial charge on any atom is 0.252 e. The van der Waals surface area contributed by atoms with Gasteiger partial charge in [-0.1, -0.05) is 18.2 Å². The Labute approximate surface area is 115 Å². The summed E-state index contributed by atoms with van der Waals surface area (Å²) in [5, 5.41) is 7.12. The fourth-order valence-electron chi connectivity index (χ4n) is 1.86. The first-order valence-corrected chi connectivity index (χ1v) is 6.32. The smallest absolute Gasteiger partial charge is 0.252 e. The Hall–Kier alpha value is -2.76. The molecule has 0 aliphatic carbocycles. The average molecular weight is 267 g/mol. The minimum absolute atomic E-state index is 0.0903. The topological polar surface area (TPSA) is 72.2 Å². The Balaban J connectivity index is 1.58. The van der Waals surface area contributed by atoms with E-state index < -0.39 is 0 Å². The van der Waals surface area contributed by atoms with Crippen molar-refractivity contribution in [3.8, 4) is 0 Å². The number of amides is 1. The van der Waals surface area contributed by atoms with E-state index in [4.69, 9.17) is 0 Å². The van der Waals surface area contributed by atoms with Gasteiger partial charge in [-0.05, 0) is 18.2 Å². The lowest BCUT2D eigenvalue weighted by atomic mass is 10.2. The molecule has 0 aliphatic heterocycles. The summed E-state index contributed by atoms with van der Waals surface area (Å²) >= 11 is 0. The first-order chi connectivity index (χ1) is 9.83. The maximum absolute atomic E-state index is 11.8. The van der Waals surface area contributed by atoms with Gasteiger partial charge in [0.2, 0.25) is 0 Å². The summed E-state index contributed by atoms with van der Waals surface area (Å²) in [6.07, 6.45) is 4.04. The quantitative estimate of drug-likeness (QED) is 0.768. The molecule has 20 heavy (non-hydrogen) atoms. The lowest BCUT2D eigenvalue weighted by Crippen LogP contribution is -2.25. The molecule has 0 aliphatic rings. The van der Waals surface area contributed by atoms with E-state index >= 15 is 0 Å². The second-order valence-electron chi connectivity index (χ2n) is 4.26. The van der Waals surface area contributed by atoms with E-state index in [0.717, 1.165) is 0 Å². The molecule has 2 aromatic heterocycles. The van der Waals surface area contributed by atoms with E-state index in [1.807, 2.05) is 18.2 Å². The van der Waals surface area contributed by atoms with Gasteiger partial charge in [0.25, 0.3) is 11.7 Å². The van der Waals surface area contributed by atoms with Gasteiger partial charge in [-0.25, -0.2) is 9.50 Å². The number of aromatic nitrogens is 4. The van der Waals surface area contributed by atoms with Crippen LogP contribution in [0.25, 0.3) is 5.78 Å². The van der Waals surface area contributed by atoms with Crippen molar-refractivity contribution >= 4 is 11.7 Å². The lowest BCUT2D eigenvalue weighted by Gasteiger charge is -2.02. The van der Waals surface area contributed by atoms with Crippen LogP contribution in [0.4, 0.5) is 0 Å². The van der Waals surface area contributed by atoms with Crippen LogP contribution in [0.5, 0.6) is 0 Å². The summed E-state index contributed by atoms with van der Waals surface area (Å²) in [6.45, 7) is 0.491. The van der Waals surface area contributed by atoms with Crippen molar-refractivity contribution in [2.24, 2.45) is 0 Å². The number of benzene rings is 1. The minimum atomic E-state index is -0.0903. The molecule has 1 amide bonds. The van der Waals surface area contributed by atoms with E-state index in [1.165, 1.54) is 0 Å². The fourth-order valence-corrected chi connectivity index (χ4v) is 1.86.